The molecule has 0 aliphatic heterocycles. The van der Waals surface area contributed by atoms with Gasteiger partial charge in [-0.1, -0.05) is 44.2 Å². The van der Waals surface area contributed by atoms with Gasteiger partial charge in [0.2, 0.25) is 5.91 Å². The first kappa shape index (κ1) is 21.8. The van der Waals surface area contributed by atoms with Crippen LogP contribution in [0.15, 0.2) is 59.0 Å². The van der Waals surface area contributed by atoms with Crippen molar-refractivity contribution < 1.29 is 9.53 Å². The molecule has 4 aromatic rings. The van der Waals surface area contributed by atoms with E-state index in [1.54, 1.807) is 13.2 Å². The van der Waals surface area contributed by atoms with Gasteiger partial charge in [0, 0.05) is 10.9 Å². The van der Waals surface area contributed by atoms with Gasteiger partial charge in [0.15, 0.2) is 0 Å². The molecule has 7 heteroatoms. The Morgan fingerprint density at radius 3 is 2.62 bits per heavy atom. The number of aryl methyl sites for hydroxylation is 1. The predicted octanol–water partition coefficient (Wildman–Crippen LogP) is 5.20. The van der Waals surface area contributed by atoms with E-state index in [2.05, 4.69) is 36.3 Å². The van der Waals surface area contributed by atoms with Crippen LogP contribution in [0.2, 0.25) is 0 Å². The van der Waals surface area contributed by atoms with E-state index in [0.717, 1.165) is 16.7 Å². The van der Waals surface area contributed by atoms with Gasteiger partial charge in [-0.15, -0.1) is 11.3 Å². The summed E-state index contributed by atoms with van der Waals surface area (Å²) in [6.07, 6.45) is 1.43. The molecule has 32 heavy (non-hydrogen) atoms. The van der Waals surface area contributed by atoms with Crippen LogP contribution in [0.4, 0.5) is 5.69 Å². The van der Waals surface area contributed by atoms with Crippen LogP contribution in [0.3, 0.4) is 0 Å². The molecule has 0 unspecified atom stereocenters. The summed E-state index contributed by atoms with van der Waals surface area (Å²) in [5.41, 5.74) is 4.38. The van der Waals surface area contributed by atoms with Crippen molar-refractivity contribution in [3.05, 3.63) is 75.7 Å². The summed E-state index contributed by atoms with van der Waals surface area (Å²) in [5, 5.41) is 5.32. The summed E-state index contributed by atoms with van der Waals surface area (Å²) in [4.78, 5) is 31.0. The molecule has 0 aliphatic rings. The Morgan fingerprint density at radius 2 is 1.94 bits per heavy atom. The zero-order valence-electron chi connectivity index (χ0n) is 18.5. The number of nitrogens with one attached hydrogen (secondary N) is 1. The molecular formula is C25H25N3O3S. The maximum atomic E-state index is 13.2. The second-order valence-electron chi connectivity index (χ2n) is 8.04. The Balaban J connectivity index is 1.64. The van der Waals surface area contributed by atoms with Crippen molar-refractivity contribution in [2.45, 2.75) is 33.2 Å². The lowest BCUT2D eigenvalue weighted by atomic mass is 9.99. The number of rotatable bonds is 6. The Bertz CT molecular complexity index is 1340. The molecule has 6 nitrogen and oxygen atoms in total. The lowest BCUT2D eigenvalue weighted by Gasteiger charge is -2.12. The van der Waals surface area contributed by atoms with Crippen LogP contribution in [0.5, 0.6) is 5.75 Å². The minimum atomic E-state index is -0.324. The molecule has 1 N–H and O–H groups in total. The van der Waals surface area contributed by atoms with Crippen LogP contribution in [-0.4, -0.2) is 22.6 Å². The van der Waals surface area contributed by atoms with Gasteiger partial charge in [0.1, 0.15) is 17.1 Å². The van der Waals surface area contributed by atoms with E-state index in [0.29, 0.717) is 27.6 Å². The number of carbonyl (C=O) groups excluding carboxylic acids is 1. The Hall–Kier alpha value is -3.45. The molecule has 164 valence electrons. The normalized spacial score (nSPS) is 11.2. The van der Waals surface area contributed by atoms with Crippen LogP contribution < -0.4 is 15.6 Å². The van der Waals surface area contributed by atoms with E-state index >= 15 is 0 Å². The fraction of sp³-hybridized carbons (Fsp3) is 0.240. The van der Waals surface area contributed by atoms with E-state index in [9.17, 15) is 9.59 Å². The van der Waals surface area contributed by atoms with Gasteiger partial charge in [0.25, 0.3) is 5.56 Å². The van der Waals surface area contributed by atoms with Gasteiger partial charge in [-0.05, 0) is 41.7 Å². The first-order valence-corrected chi connectivity index (χ1v) is 11.3. The summed E-state index contributed by atoms with van der Waals surface area (Å²) in [7, 11) is 1.55. The molecule has 2 aromatic carbocycles. The quantitative estimate of drug-likeness (QED) is 0.441. The largest absolute Gasteiger partial charge is 0.495 e. The number of anilines is 1. The zero-order valence-corrected chi connectivity index (χ0v) is 19.3. The van der Waals surface area contributed by atoms with E-state index in [-0.39, 0.29) is 18.0 Å². The second-order valence-corrected chi connectivity index (χ2v) is 8.89. The van der Waals surface area contributed by atoms with Gasteiger partial charge >= 0.3 is 0 Å². The Morgan fingerprint density at radius 1 is 1.19 bits per heavy atom. The summed E-state index contributed by atoms with van der Waals surface area (Å²) in [5.74, 6) is 0.678. The van der Waals surface area contributed by atoms with E-state index < -0.39 is 0 Å². The number of hydrogen-bond donors (Lipinski definition) is 1. The number of thiophene rings is 1. The lowest BCUT2D eigenvalue weighted by Crippen LogP contribution is -2.28. The summed E-state index contributed by atoms with van der Waals surface area (Å²) < 4.78 is 6.66. The number of ether oxygens (including phenoxy) is 1. The van der Waals surface area contributed by atoms with Gasteiger partial charge in [0.05, 0.1) is 24.5 Å². The minimum absolute atomic E-state index is 0.138. The van der Waals surface area contributed by atoms with Gasteiger partial charge in [-0.3, -0.25) is 14.2 Å². The molecule has 4 rings (SSSR count). The standard InChI is InChI=1S/C25H25N3O3S/c1-15(2)17-6-8-18(9-7-17)19-13-32-24-23(19)25(30)28(14-26-24)12-22(29)27-20-11-16(3)5-10-21(20)31-4/h5-11,13-15H,12H2,1-4H3,(H,27,29). The number of aromatic nitrogens is 2. The first-order valence-electron chi connectivity index (χ1n) is 10.4. The maximum Gasteiger partial charge on any atom is 0.263 e. The van der Waals surface area contributed by atoms with Crippen molar-refractivity contribution in [1.82, 2.24) is 9.55 Å². The monoisotopic (exact) mass is 447 g/mol. The number of amides is 1. The average Bonchev–Trinajstić information content (AvgIpc) is 3.21. The number of benzene rings is 2. The Labute approximate surface area is 190 Å². The van der Waals surface area contributed by atoms with Crippen molar-refractivity contribution in [2.24, 2.45) is 0 Å². The highest BCUT2D eigenvalue weighted by atomic mass is 32.1. The number of nitrogens with zero attached hydrogens (tertiary/aromatic N) is 2. The smallest absolute Gasteiger partial charge is 0.263 e. The molecule has 0 saturated heterocycles. The molecule has 2 aromatic heterocycles. The molecule has 0 aliphatic carbocycles. The number of methoxy groups -OCH3 is 1. The molecule has 1 amide bonds. The lowest BCUT2D eigenvalue weighted by molar-refractivity contribution is -0.116. The van der Waals surface area contributed by atoms with Gasteiger partial charge in [-0.2, -0.15) is 0 Å². The highest BCUT2D eigenvalue weighted by molar-refractivity contribution is 7.17. The second kappa shape index (κ2) is 8.96. The zero-order chi connectivity index (χ0) is 22.8. The third-order valence-corrected chi connectivity index (χ3v) is 6.28. The average molecular weight is 448 g/mol. The maximum absolute atomic E-state index is 13.2. The van der Waals surface area contributed by atoms with Crippen molar-refractivity contribution in [3.8, 4) is 16.9 Å². The summed E-state index contributed by atoms with van der Waals surface area (Å²) >= 11 is 1.43. The van der Waals surface area contributed by atoms with Crippen LogP contribution in [0.25, 0.3) is 21.3 Å². The third kappa shape index (κ3) is 4.29. The highest BCUT2D eigenvalue weighted by Crippen LogP contribution is 2.31. The minimum Gasteiger partial charge on any atom is -0.495 e. The number of hydrogen-bond acceptors (Lipinski definition) is 5. The molecule has 0 spiro atoms. The van der Waals surface area contributed by atoms with E-state index in [4.69, 9.17) is 4.74 Å². The van der Waals surface area contributed by atoms with E-state index in [1.165, 1.54) is 27.8 Å². The van der Waals surface area contributed by atoms with Crippen molar-refractivity contribution in [1.29, 1.82) is 0 Å². The van der Waals surface area contributed by atoms with Crippen molar-refractivity contribution in [2.75, 3.05) is 12.4 Å². The number of fused-ring (bicyclic) bond motifs is 1. The molecule has 0 fully saturated rings. The molecular weight excluding hydrogens is 422 g/mol. The molecule has 0 atom stereocenters. The molecule has 0 saturated carbocycles. The SMILES string of the molecule is COc1ccc(C)cc1NC(=O)Cn1cnc2scc(-c3ccc(C(C)C)cc3)c2c1=O. The van der Waals surface area contributed by atoms with Crippen LogP contribution >= 0.6 is 11.3 Å². The third-order valence-electron chi connectivity index (χ3n) is 5.39. The van der Waals surface area contributed by atoms with Crippen molar-refractivity contribution >= 4 is 33.1 Å². The summed E-state index contributed by atoms with van der Waals surface area (Å²) in [6, 6.07) is 13.8. The molecule has 2 heterocycles. The molecule has 0 bridgehead atoms. The predicted molar refractivity (Wildman–Crippen MR) is 130 cm³/mol. The van der Waals surface area contributed by atoms with Crippen LogP contribution in [0.1, 0.15) is 30.9 Å². The highest BCUT2D eigenvalue weighted by Gasteiger charge is 2.16. The first-order chi connectivity index (χ1) is 15.4. The summed E-state index contributed by atoms with van der Waals surface area (Å²) in [6.45, 7) is 6.09. The van der Waals surface area contributed by atoms with E-state index in [1.807, 2.05) is 36.6 Å². The van der Waals surface area contributed by atoms with Gasteiger partial charge < -0.3 is 10.1 Å². The van der Waals surface area contributed by atoms with Crippen LogP contribution in [0, 0.1) is 6.92 Å². The topological polar surface area (TPSA) is 73.2 Å². The fourth-order valence-corrected chi connectivity index (χ4v) is 4.51. The fourth-order valence-electron chi connectivity index (χ4n) is 3.60. The molecule has 0 radical (unpaired) electrons. The van der Waals surface area contributed by atoms with Crippen molar-refractivity contribution in [3.63, 3.8) is 0 Å². The number of carbonyl (C=O) groups is 1. The van der Waals surface area contributed by atoms with Crippen LogP contribution in [-0.2, 0) is 11.3 Å². The Kier molecular flexibility index (Phi) is 6.10. The van der Waals surface area contributed by atoms with Gasteiger partial charge in [-0.25, -0.2) is 4.98 Å².